The summed E-state index contributed by atoms with van der Waals surface area (Å²) in [6, 6.07) is 0. The van der Waals surface area contributed by atoms with Gasteiger partial charge in [0, 0.05) is 20.7 Å². The van der Waals surface area contributed by atoms with Crippen LogP contribution in [0.4, 0.5) is 0 Å². The number of nitrogens with zero attached hydrogens (tertiary/aromatic N) is 1. The second-order valence-electron chi connectivity index (χ2n) is 5.03. The van der Waals surface area contributed by atoms with Crippen molar-refractivity contribution in [3.8, 4) is 0 Å². The molecular weight excluding hydrogens is 240 g/mol. The summed E-state index contributed by atoms with van der Waals surface area (Å²) in [5.74, 6) is 0.620. The first-order valence-corrected chi connectivity index (χ1v) is 6.03. The fraction of sp³-hybridized carbons (Fsp3) is 0.917. The zero-order chi connectivity index (χ0) is 12.2. The van der Waals surface area contributed by atoms with Crippen LogP contribution in [0.25, 0.3) is 0 Å². The monoisotopic (exact) mass is 264 g/mol. The molecule has 0 atom stereocenters. The topological polar surface area (TPSA) is 41.6 Å². The number of ether oxygens (including phenoxy) is 1. The number of carbonyl (C=O) groups is 1. The van der Waals surface area contributed by atoms with Gasteiger partial charge in [0.25, 0.3) is 5.91 Å². The summed E-state index contributed by atoms with van der Waals surface area (Å²) < 4.78 is 5.51. The van der Waals surface area contributed by atoms with E-state index in [9.17, 15) is 4.79 Å². The minimum atomic E-state index is -0.588. The van der Waals surface area contributed by atoms with Gasteiger partial charge >= 0.3 is 0 Å². The smallest absolute Gasteiger partial charge is 0.254 e. The number of likely N-dealkylation sites (N-methyl/N-ethyl adjacent to an activating group) is 1. The maximum absolute atomic E-state index is 12.4. The second kappa shape index (κ2) is 7.19. The summed E-state index contributed by atoms with van der Waals surface area (Å²) in [7, 11) is 3.51. The minimum absolute atomic E-state index is 0. The Morgan fingerprint density at radius 2 is 1.94 bits per heavy atom. The van der Waals surface area contributed by atoms with Crippen molar-refractivity contribution in [1.82, 2.24) is 10.2 Å². The molecule has 1 N–H and O–H groups in total. The quantitative estimate of drug-likeness (QED) is 0.832. The first-order valence-electron chi connectivity index (χ1n) is 6.03. The molecule has 0 unspecified atom stereocenters. The standard InChI is InChI=1S/C12H24N2O2.ClH/c1-10(2)9-14(3)11(15)12(16-4)5-7-13-8-6-12;/h10,13H,5-9H2,1-4H3;1H. The fourth-order valence-electron chi connectivity index (χ4n) is 2.31. The van der Waals surface area contributed by atoms with E-state index in [1.165, 1.54) is 0 Å². The molecule has 1 rings (SSSR count). The third kappa shape index (κ3) is 4.12. The third-order valence-electron chi connectivity index (χ3n) is 3.18. The Balaban J connectivity index is 0.00000256. The van der Waals surface area contributed by atoms with Gasteiger partial charge in [-0.2, -0.15) is 0 Å². The molecule has 0 bridgehead atoms. The molecule has 1 heterocycles. The Hall–Kier alpha value is -0.320. The lowest BCUT2D eigenvalue weighted by molar-refractivity contribution is -0.157. The van der Waals surface area contributed by atoms with Crippen LogP contribution in [-0.2, 0) is 9.53 Å². The van der Waals surface area contributed by atoms with Gasteiger partial charge < -0.3 is 15.0 Å². The number of nitrogens with one attached hydrogen (secondary N) is 1. The van der Waals surface area contributed by atoms with E-state index in [0.717, 1.165) is 32.5 Å². The van der Waals surface area contributed by atoms with Crippen LogP contribution in [0.2, 0.25) is 0 Å². The Kier molecular flexibility index (Phi) is 7.05. The van der Waals surface area contributed by atoms with E-state index in [1.807, 2.05) is 7.05 Å². The molecule has 17 heavy (non-hydrogen) atoms. The normalized spacial score (nSPS) is 18.6. The number of halogens is 1. The number of hydrogen-bond acceptors (Lipinski definition) is 3. The highest BCUT2D eigenvalue weighted by Gasteiger charge is 2.41. The van der Waals surface area contributed by atoms with Crippen LogP contribution in [-0.4, -0.2) is 50.2 Å². The van der Waals surface area contributed by atoms with E-state index in [4.69, 9.17) is 4.74 Å². The predicted molar refractivity (Wildman–Crippen MR) is 71.6 cm³/mol. The molecule has 1 amide bonds. The van der Waals surface area contributed by atoms with Crippen molar-refractivity contribution in [2.45, 2.75) is 32.3 Å². The molecular formula is C12H25ClN2O2. The molecule has 1 saturated heterocycles. The molecule has 5 heteroatoms. The van der Waals surface area contributed by atoms with Crippen molar-refractivity contribution in [1.29, 1.82) is 0 Å². The van der Waals surface area contributed by atoms with Crippen molar-refractivity contribution >= 4 is 18.3 Å². The van der Waals surface area contributed by atoms with Gasteiger partial charge in [-0.15, -0.1) is 12.4 Å². The van der Waals surface area contributed by atoms with E-state index in [0.29, 0.717) is 5.92 Å². The van der Waals surface area contributed by atoms with Crippen LogP contribution < -0.4 is 5.32 Å². The lowest BCUT2D eigenvalue weighted by Gasteiger charge is -2.38. The van der Waals surface area contributed by atoms with Crippen LogP contribution in [0.15, 0.2) is 0 Å². The SMILES string of the molecule is COC1(C(=O)N(C)CC(C)C)CCNCC1.Cl. The molecule has 0 radical (unpaired) electrons. The van der Waals surface area contributed by atoms with Crippen LogP contribution in [0.1, 0.15) is 26.7 Å². The number of carbonyl (C=O) groups excluding carboxylic acids is 1. The van der Waals surface area contributed by atoms with Gasteiger partial charge in [-0.05, 0) is 31.8 Å². The Morgan fingerprint density at radius 1 is 1.41 bits per heavy atom. The molecule has 1 aliphatic rings. The van der Waals surface area contributed by atoms with Crippen molar-refractivity contribution in [3.63, 3.8) is 0 Å². The van der Waals surface area contributed by atoms with Gasteiger partial charge in [0.15, 0.2) is 0 Å². The van der Waals surface area contributed by atoms with Crippen molar-refractivity contribution in [2.75, 3.05) is 33.8 Å². The van der Waals surface area contributed by atoms with Crippen LogP contribution >= 0.6 is 12.4 Å². The zero-order valence-corrected chi connectivity index (χ0v) is 12.1. The molecule has 0 spiro atoms. The summed E-state index contributed by atoms with van der Waals surface area (Å²) in [5, 5.41) is 3.26. The molecule has 0 aliphatic carbocycles. The van der Waals surface area contributed by atoms with E-state index >= 15 is 0 Å². The van der Waals surface area contributed by atoms with Gasteiger partial charge in [0.05, 0.1) is 0 Å². The third-order valence-corrected chi connectivity index (χ3v) is 3.18. The summed E-state index contributed by atoms with van der Waals surface area (Å²) >= 11 is 0. The van der Waals surface area contributed by atoms with E-state index in [-0.39, 0.29) is 18.3 Å². The summed E-state index contributed by atoms with van der Waals surface area (Å²) in [6.45, 7) is 6.74. The highest BCUT2D eigenvalue weighted by molar-refractivity contribution is 5.85. The van der Waals surface area contributed by atoms with E-state index < -0.39 is 5.60 Å². The van der Waals surface area contributed by atoms with Crippen molar-refractivity contribution in [2.24, 2.45) is 5.92 Å². The average Bonchev–Trinajstić information content (AvgIpc) is 2.28. The highest BCUT2D eigenvalue weighted by Crippen LogP contribution is 2.24. The number of piperidine rings is 1. The molecule has 0 aromatic heterocycles. The molecule has 0 aromatic carbocycles. The Bertz CT molecular complexity index is 241. The van der Waals surface area contributed by atoms with Crippen molar-refractivity contribution in [3.05, 3.63) is 0 Å². The summed E-state index contributed by atoms with van der Waals surface area (Å²) in [5.41, 5.74) is -0.588. The molecule has 1 fully saturated rings. The van der Waals surface area contributed by atoms with Crippen LogP contribution in [0, 0.1) is 5.92 Å². The molecule has 4 nitrogen and oxygen atoms in total. The Labute approximate surface area is 110 Å². The van der Waals surface area contributed by atoms with Gasteiger partial charge in [0.2, 0.25) is 0 Å². The highest BCUT2D eigenvalue weighted by atomic mass is 35.5. The van der Waals surface area contributed by atoms with Crippen LogP contribution in [0.3, 0.4) is 0 Å². The van der Waals surface area contributed by atoms with Gasteiger partial charge in [-0.25, -0.2) is 0 Å². The van der Waals surface area contributed by atoms with Crippen LogP contribution in [0.5, 0.6) is 0 Å². The maximum atomic E-state index is 12.4. The molecule has 1 aliphatic heterocycles. The Morgan fingerprint density at radius 3 is 2.35 bits per heavy atom. The lowest BCUT2D eigenvalue weighted by atomic mass is 9.90. The van der Waals surface area contributed by atoms with E-state index in [2.05, 4.69) is 19.2 Å². The first-order chi connectivity index (χ1) is 7.52. The minimum Gasteiger partial charge on any atom is -0.368 e. The van der Waals surface area contributed by atoms with Crippen molar-refractivity contribution < 1.29 is 9.53 Å². The predicted octanol–water partition coefficient (Wildman–Crippen LogP) is 1.29. The molecule has 0 saturated carbocycles. The maximum Gasteiger partial charge on any atom is 0.254 e. The number of amides is 1. The van der Waals surface area contributed by atoms with E-state index in [1.54, 1.807) is 12.0 Å². The summed E-state index contributed by atoms with van der Waals surface area (Å²) in [4.78, 5) is 14.2. The summed E-state index contributed by atoms with van der Waals surface area (Å²) in [6.07, 6.45) is 1.54. The second-order valence-corrected chi connectivity index (χ2v) is 5.03. The lowest BCUT2D eigenvalue weighted by Crippen LogP contribution is -2.55. The van der Waals surface area contributed by atoms with Gasteiger partial charge in [0.1, 0.15) is 5.60 Å². The van der Waals surface area contributed by atoms with Gasteiger partial charge in [-0.3, -0.25) is 4.79 Å². The van der Waals surface area contributed by atoms with Gasteiger partial charge in [-0.1, -0.05) is 13.8 Å². The zero-order valence-electron chi connectivity index (χ0n) is 11.3. The first kappa shape index (κ1) is 16.7. The number of methoxy groups -OCH3 is 1. The average molecular weight is 265 g/mol. The largest absolute Gasteiger partial charge is 0.368 e. The number of rotatable bonds is 4. The number of hydrogen-bond donors (Lipinski definition) is 1. The fourth-order valence-corrected chi connectivity index (χ4v) is 2.31. The molecule has 0 aromatic rings. The molecule has 102 valence electrons.